The maximum absolute atomic E-state index is 13.1. The first-order valence-electron chi connectivity index (χ1n) is 9.04. The van der Waals surface area contributed by atoms with Crippen LogP contribution in [-0.4, -0.2) is 14.5 Å². The van der Waals surface area contributed by atoms with Gasteiger partial charge in [-0.3, -0.25) is 9.36 Å². The normalized spacial score (nSPS) is 13.9. The number of halogens is 1. The molecule has 0 aliphatic heterocycles. The highest BCUT2D eigenvalue weighted by Crippen LogP contribution is 2.37. The van der Waals surface area contributed by atoms with E-state index < -0.39 is 0 Å². The number of fused-ring (bicyclic) bond motifs is 1. The average Bonchev–Trinajstić information content (AvgIpc) is 3.43. The number of hydrogen-bond donors (Lipinski definition) is 0. The third kappa shape index (κ3) is 3.22. The van der Waals surface area contributed by atoms with Crippen molar-refractivity contribution in [2.75, 3.05) is 0 Å². The quantitative estimate of drug-likeness (QED) is 0.359. The van der Waals surface area contributed by atoms with Gasteiger partial charge in [-0.1, -0.05) is 23.9 Å². The van der Waals surface area contributed by atoms with Gasteiger partial charge in [0.15, 0.2) is 10.9 Å². The highest BCUT2D eigenvalue weighted by molar-refractivity contribution is 7.98. The van der Waals surface area contributed by atoms with Crippen molar-refractivity contribution >= 4 is 22.7 Å². The van der Waals surface area contributed by atoms with Crippen molar-refractivity contribution in [3.63, 3.8) is 0 Å². The fourth-order valence-electron chi connectivity index (χ4n) is 3.13. The zero-order valence-electron chi connectivity index (χ0n) is 14.8. The fourth-order valence-corrected chi connectivity index (χ4v) is 4.05. The van der Waals surface area contributed by atoms with E-state index in [0.717, 1.165) is 18.4 Å². The summed E-state index contributed by atoms with van der Waals surface area (Å²) < 4.78 is 20.7. The van der Waals surface area contributed by atoms with Crippen LogP contribution in [0.4, 0.5) is 4.39 Å². The van der Waals surface area contributed by atoms with Gasteiger partial charge in [0.05, 0.1) is 22.9 Å². The van der Waals surface area contributed by atoms with Crippen LogP contribution in [0, 0.1) is 5.82 Å². The van der Waals surface area contributed by atoms with Crippen LogP contribution in [0.15, 0.2) is 69.1 Å². The van der Waals surface area contributed by atoms with Crippen molar-refractivity contribution in [1.29, 1.82) is 0 Å². The van der Waals surface area contributed by atoms with Crippen LogP contribution < -0.4 is 5.56 Å². The maximum Gasteiger partial charge on any atom is 0.262 e. The molecule has 1 fully saturated rings. The zero-order valence-corrected chi connectivity index (χ0v) is 15.7. The molecule has 2 aromatic carbocycles. The van der Waals surface area contributed by atoms with E-state index >= 15 is 0 Å². The lowest BCUT2D eigenvalue weighted by molar-refractivity contribution is 0.529. The molecule has 28 heavy (non-hydrogen) atoms. The molecule has 7 heteroatoms. The van der Waals surface area contributed by atoms with Crippen molar-refractivity contribution in [2.45, 2.75) is 29.8 Å². The summed E-state index contributed by atoms with van der Waals surface area (Å²) in [5.41, 5.74) is 1.48. The topological polar surface area (TPSA) is 60.9 Å². The van der Waals surface area contributed by atoms with Gasteiger partial charge in [0, 0.05) is 11.6 Å². The molecule has 0 N–H and O–H groups in total. The molecular formula is C21H16FN3O2S. The number of rotatable bonds is 5. The third-order valence-electron chi connectivity index (χ3n) is 4.69. The van der Waals surface area contributed by atoms with Gasteiger partial charge in [0.25, 0.3) is 5.56 Å². The zero-order chi connectivity index (χ0) is 19.1. The van der Waals surface area contributed by atoms with Crippen molar-refractivity contribution in [1.82, 2.24) is 14.5 Å². The number of benzene rings is 2. The summed E-state index contributed by atoms with van der Waals surface area (Å²) in [6.07, 6.45) is 3.63. The average molecular weight is 393 g/mol. The summed E-state index contributed by atoms with van der Waals surface area (Å²) in [5.74, 6) is 1.29. The Morgan fingerprint density at radius 3 is 2.71 bits per heavy atom. The first kappa shape index (κ1) is 17.2. The molecule has 0 spiro atoms. The predicted molar refractivity (Wildman–Crippen MR) is 106 cm³/mol. The van der Waals surface area contributed by atoms with Crippen LogP contribution in [0.3, 0.4) is 0 Å². The van der Waals surface area contributed by atoms with Gasteiger partial charge in [-0.2, -0.15) is 0 Å². The van der Waals surface area contributed by atoms with E-state index in [0.29, 0.717) is 33.5 Å². The highest BCUT2D eigenvalue weighted by Gasteiger charge is 2.28. The first-order chi connectivity index (χ1) is 13.7. The maximum atomic E-state index is 13.1. The molecule has 5 nitrogen and oxygen atoms in total. The minimum atomic E-state index is -0.292. The van der Waals surface area contributed by atoms with E-state index in [1.165, 1.54) is 23.9 Å². The van der Waals surface area contributed by atoms with E-state index in [9.17, 15) is 9.18 Å². The Bertz CT molecular complexity index is 1210. The number of hydrogen-bond acceptors (Lipinski definition) is 5. The SMILES string of the molecule is O=c1c2ccccc2nc(SCc2ncc(-c3ccc(F)cc3)o2)n1C1CC1. The summed E-state index contributed by atoms with van der Waals surface area (Å²) in [7, 11) is 0. The summed E-state index contributed by atoms with van der Waals surface area (Å²) >= 11 is 1.44. The van der Waals surface area contributed by atoms with E-state index in [-0.39, 0.29) is 17.4 Å². The predicted octanol–water partition coefficient (Wildman–Crippen LogP) is 4.82. The van der Waals surface area contributed by atoms with Gasteiger partial charge in [-0.25, -0.2) is 14.4 Å². The molecule has 0 amide bonds. The molecule has 2 aromatic heterocycles. The van der Waals surface area contributed by atoms with Crippen molar-refractivity contribution in [2.24, 2.45) is 0 Å². The smallest absolute Gasteiger partial charge is 0.262 e. The van der Waals surface area contributed by atoms with Crippen LogP contribution in [0.2, 0.25) is 0 Å². The van der Waals surface area contributed by atoms with Gasteiger partial charge in [-0.05, 0) is 49.2 Å². The molecule has 2 heterocycles. The molecule has 0 radical (unpaired) electrons. The van der Waals surface area contributed by atoms with E-state index in [2.05, 4.69) is 4.98 Å². The molecule has 0 saturated heterocycles. The van der Waals surface area contributed by atoms with Gasteiger partial charge >= 0.3 is 0 Å². The molecule has 0 atom stereocenters. The Hall–Kier alpha value is -2.93. The minimum Gasteiger partial charge on any atom is -0.440 e. The van der Waals surface area contributed by atoms with Crippen LogP contribution in [-0.2, 0) is 5.75 Å². The monoisotopic (exact) mass is 393 g/mol. The summed E-state index contributed by atoms with van der Waals surface area (Å²) in [6, 6.07) is 13.7. The largest absolute Gasteiger partial charge is 0.440 e. The van der Waals surface area contributed by atoms with E-state index in [4.69, 9.17) is 9.40 Å². The second kappa shape index (κ2) is 6.91. The number of para-hydroxylation sites is 1. The molecule has 0 bridgehead atoms. The standard InChI is InChI=1S/C21H16FN3O2S/c22-14-7-5-13(6-8-14)18-11-23-19(27-18)12-28-21-24-17-4-2-1-3-16(17)20(26)25(21)15-9-10-15/h1-8,11,15H,9-10,12H2. The molecule has 1 aliphatic carbocycles. The Kier molecular flexibility index (Phi) is 4.24. The first-order valence-corrected chi connectivity index (χ1v) is 10.0. The molecular weight excluding hydrogens is 377 g/mol. The van der Waals surface area contributed by atoms with Gasteiger partial charge < -0.3 is 4.42 Å². The van der Waals surface area contributed by atoms with Crippen LogP contribution in [0.25, 0.3) is 22.2 Å². The van der Waals surface area contributed by atoms with Crippen molar-refractivity contribution in [3.8, 4) is 11.3 Å². The van der Waals surface area contributed by atoms with Crippen LogP contribution >= 0.6 is 11.8 Å². The third-order valence-corrected chi connectivity index (χ3v) is 5.63. The Morgan fingerprint density at radius 2 is 1.93 bits per heavy atom. The fraction of sp³-hybridized carbons (Fsp3) is 0.190. The lowest BCUT2D eigenvalue weighted by atomic mass is 10.2. The Morgan fingerprint density at radius 1 is 1.14 bits per heavy atom. The molecule has 0 unspecified atom stereocenters. The number of nitrogens with zero attached hydrogens (tertiary/aromatic N) is 3. The summed E-state index contributed by atoms with van der Waals surface area (Å²) in [4.78, 5) is 21.9. The molecule has 1 aliphatic rings. The van der Waals surface area contributed by atoms with Gasteiger partial charge in [-0.15, -0.1) is 0 Å². The van der Waals surface area contributed by atoms with E-state index in [1.54, 1.807) is 22.9 Å². The van der Waals surface area contributed by atoms with Crippen LogP contribution in [0.1, 0.15) is 24.8 Å². The highest BCUT2D eigenvalue weighted by atomic mass is 32.2. The van der Waals surface area contributed by atoms with Crippen molar-refractivity contribution in [3.05, 3.63) is 76.8 Å². The Balaban J connectivity index is 1.43. The van der Waals surface area contributed by atoms with Crippen molar-refractivity contribution < 1.29 is 8.81 Å². The van der Waals surface area contributed by atoms with Gasteiger partial charge in [0.2, 0.25) is 5.89 Å². The molecule has 140 valence electrons. The van der Waals surface area contributed by atoms with E-state index in [1.807, 2.05) is 24.3 Å². The summed E-state index contributed by atoms with van der Waals surface area (Å²) in [5, 5.41) is 1.33. The molecule has 1 saturated carbocycles. The lowest BCUT2D eigenvalue weighted by Gasteiger charge is -2.11. The second-order valence-corrected chi connectivity index (χ2v) is 7.67. The second-order valence-electron chi connectivity index (χ2n) is 6.73. The van der Waals surface area contributed by atoms with Crippen LogP contribution in [0.5, 0.6) is 0 Å². The van der Waals surface area contributed by atoms with Gasteiger partial charge in [0.1, 0.15) is 5.82 Å². The Labute approximate surface area is 164 Å². The number of thioether (sulfide) groups is 1. The summed E-state index contributed by atoms with van der Waals surface area (Å²) in [6.45, 7) is 0. The number of oxazole rings is 1. The lowest BCUT2D eigenvalue weighted by Crippen LogP contribution is -2.22. The number of aromatic nitrogens is 3. The molecule has 4 aromatic rings. The molecule has 5 rings (SSSR count). The minimum absolute atomic E-state index is 0.00926.